The number of hydrogen-bond acceptors (Lipinski definition) is 6. The van der Waals surface area contributed by atoms with E-state index in [9.17, 15) is 18.3 Å². The molecule has 0 aliphatic heterocycles. The third kappa shape index (κ3) is 4.50. The number of rotatable bonds is 5. The summed E-state index contributed by atoms with van der Waals surface area (Å²) >= 11 is 5.68. The first kappa shape index (κ1) is 17.8. The van der Waals surface area contributed by atoms with Crippen LogP contribution in [-0.2, 0) is 19.1 Å². The van der Waals surface area contributed by atoms with Crippen LogP contribution in [0.5, 0.6) is 11.5 Å². The van der Waals surface area contributed by atoms with Crippen LogP contribution in [0.1, 0.15) is 5.56 Å². The number of carbonyl (C=O) groups excluding carboxylic acids is 1. The van der Waals surface area contributed by atoms with Gasteiger partial charge in [-0.05, 0) is 48.0 Å². The fourth-order valence-corrected chi connectivity index (χ4v) is 2.71. The molecule has 0 amide bonds. The first-order valence-electron chi connectivity index (χ1n) is 6.61. The number of carbonyl (C=O) groups is 1. The molecule has 24 heavy (non-hydrogen) atoms. The lowest BCUT2D eigenvalue weighted by Gasteiger charge is -2.04. The van der Waals surface area contributed by atoms with Gasteiger partial charge in [0.2, 0.25) is 0 Å². The van der Waals surface area contributed by atoms with E-state index in [1.807, 2.05) is 0 Å². The van der Waals surface area contributed by atoms with Gasteiger partial charge in [-0.25, -0.2) is 4.79 Å². The molecule has 0 unspecified atom stereocenters. The van der Waals surface area contributed by atoms with E-state index in [-0.39, 0.29) is 16.4 Å². The van der Waals surface area contributed by atoms with Crippen LogP contribution in [-0.4, -0.2) is 26.6 Å². The lowest BCUT2D eigenvalue weighted by Crippen LogP contribution is -2.11. The van der Waals surface area contributed by atoms with Crippen molar-refractivity contribution in [3.05, 3.63) is 59.1 Å². The minimum absolute atomic E-state index is 0.0532. The van der Waals surface area contributed by atoms with Crippen LogP contribution >= 0.6 is 11.6 Å². The molecule has 2 rings (SSSR count). The third-order valence-corrected chi connectivity index (χ3v) is 4.39. The molecule has 0 spiro atoms. The van der Waals surface area contributed by atoms with Gasteiger partial charge in [-0.1, -0.05) is 17.7 Å². The van der Waals surface area contributed by atoms with Crippen molar-refractivity contribution >= 4 is 33.8 Å². The highest BCUT2D eigenvalue weighted by Crippen LogP contribution is 2.26. The number of phenols is 1. The summed E-state index contributed by atoms with van der Waals surface area (Å²) in [6.45, 7) is 0. The van der Waals surface area contributed by atoms with Crippen molar-refractivity contribution in [1.29, 1.82) is 0 Å². The van der Waals surface area contributed by atoms with E-state index in [2.05, 4.69) is 4.18 Å². The summed E-state index contributed by atoms with van der Waals surface area (Å²) in [6.07, 6.45) is 2.29. The molecule has 0 aromatic heterocycles. The molecule has 0 fully saturated rings. The van der Waals surface area contributed by atoms with Crippen LogP contribution in [0, 0.1) is 0 Å². The van der Waals surface area contributed by atoms with E-state index < -0.39 is 16.1 Å². The predicted octanol–water partition coefficient (Wildman–Crippen LogP) is 3.00. The Morgan fingerprint density at radius 2 is 1.83 bits per heavy atom. The summed E-state index contributed by atoms with van der Waals surface area (Å²) in [6, 6.07) is 9.61. The number of methoxy groups -OCH3 is 1. The zero-order chi connectivity index (χ0) is 17.7. The van der Waals surface area contributed by atoms with Gasteiger partial charge >= 0.3 is 16.1 Å². The van der Waals surface area contributed by atoms with Crippen LogP contribution in [0.25, 0.3) is 6.08 Å². The molecule has 0 heterocycles. The Balaban J connectivity index is 2.11. The molecule has 0 atom stereocenters. The molecule has 0 bridgehead atoms. The SMILES string of the molecule is COc1cc(C=CC(=O)OS(=O)(=O)c2ccc(Cl)cc2)ccc1O. The van der Waals surface area contributed by atoms with Crippen molar-refractivity contribution in [2.24, 2.45) is 0 Å². The first-order chi connectivity index (χ1) is 11.3. The summed E-state index contributed by atoms with van der Waals surface area (Å²) in [5.41, 5.74) is 0.519. The van der Waals surface area contributed by atoms with Crippen LogP contribution < -0.4 is 4.74 Å². The van der Waals surface area contributed by atoms with E-state index in [1.54, 1.807) is 0 Å². The highest BCUT2D eigenvalue weighted by molar-refractivity contribution is 7.87. The highest BCUT2D eigenvalue weighted by atomic mass is 35.5. The number of phenolic OH excluding ortho intramolecular Hbond substituents is 1. The molecule has 0 aliphatic rings. The first-order valence-corrected chi connectivity index (χ1v) is 8.39. The average molecular weight is 369 g/mol. The van der Waals surface area contributed by atoms with Gasteiger partial charge in [0.05, 0.1) is 7.11 Å². The summed E-state index contributed by atoms with van der Waals surface area (Å²) in [5.74, 6) is -0.890. The predicted molar refractivity (Wildman–Crippen MR) is 88.4 cm³/mol. The zero-order valence-corrected chi connectivity index (χ0v) is 14.0. The van der Waals surface area contributed by atoms with Crippen molar-refractivity contribution in [3.63, 3.8) is 0 Å². The lowest BCUT2D eigenvalue weighted by atomic mass is 10.2. The van der Waals surface area contributed by atoms with Crippen molar-refractivity contribution in [3.8, 4) is 11.5 Å². The zero-order valence-electron chi connectivity index (χ0n) is 12.5. The fraction of sp³-hybridized carbons (Fsp3) is 0.0625. The van der Waals surface area contributed by atoms with E-state index >= 15 is 0 Å². The number of hydrogen-bond donors (Lipinski definition) is 1. The van der Waals surface area contributed by atoms with E-state index in [0.717, 1.165) is 6.08 Å². The summed E-state index contributed by atoms with van der Waals surface area (Å²) in [4.78, 5) is 11.5. The molecule has 8 heteroatoms. The lowest BCUT2D eigenvalue weighted by molar-refractivity contribution is -0.128. The Hall–Kier alpha value is -2.51. The molecule has 6 nitrogen and oxygen atoms in total. The second kappa shape index (κ2) is 7.37. The molecule has 126 valence electrons. The van der Waals surface area contributed by atoms with Gasteiger partial charge in [0.1, 0.15) is 4.90 Å². The van der Waals surface area contributed by atoms with Crippen molar-refractivity contribution in [2.75, 3.05) is 7.11 Å². The largest absolute Gasteiger partial charge is 0.504 e. The van der Waals surface area contributed by atoms with Gasteiger partial charge in [0.15, 0.2) is 11.5 Å². The molecule has 2 aromatic rings. The van der Waals surface area contributed by atoms with Gasteiger partial charge in [-0.3, -0.25) is 0 Å². The number of ether oxygens (including phenoxy) is 1. The maximum Gasteiger partial charge on any atom is 0.346 e. The van der Waals surface area contributed by atoms with E-state index in [4.69, 9.17) is 16.3 Å². The smallest absolute Gasteiger partial charge is 0.346 e. The Morgan fingerprint density at radius 3 is 2.46 bits per heavy atom. The number of halogens is 1. The molecular weight excluding hydrogens is 356 g/mol. The van der Waals surface area contributed by atoms with Crippen LogP contribution in [0.4, 0.5) is 0 Å². The standard InChI is InChI=1S/C16H13ClO6S/c1-22-15-10-11(2-8-14(15)18)3-9-16(19)23-24(20,21)13-6-4-12(17)5-7-13/h2-10,18H,1H3. The van der Waals surface area contributed by atoms with Gasteiger partial charge in [0.25, 0.3) is 0 Å². The highest BCUT2D eigenvalue weighted by Gasteiger charge is 2.18. The quantitative estimate of drug-likeness (QED) is 0.644. The fourth-order valence-electron chi connectivity index (χ4n) is 1.75. The average Bonchev–Trinajstić information content (AvgIpc) is 2.54. The maximum absolute atomic E-state index is 11.9. The normalized spacial score (nSPS) is 11.4. The summed E-state index contributed by atoms with van der Waals surface area (Å²) in [7, 11) is -2.84. The number of aromatic hydroxyl groups is 1. The molecule has 1 N–H and O–H groups in total. The Morgan fingerprint density at radius 1 is 1.17 bits per heavy atom. The molecule has 2 aromatic carbocycles. The Labute approximate surface area is 144 Å². The monoisotopic (exact) mass is 368 g/mol. The third-order valence-electron chi connectivity index (χ3n) is 2.91. The molecule has 0 saturated heterocycles. The number of benzene rings is 2. The van der Waals surface area contributed by atoms with Crippen LogP contribution in [0.15, 0.2) is 53.4 Å². The van der Waals surface area contributed by atoms with Gasteiger partial charge < -0.3 is 14.0 Å². The van der Waals surface area contributed by atoms with Crippen LogP contribution in [0.3, 0.4) is 0 Å². The Kier molecular flexibility index (Phi) is 5.48. The Bertz CT molecular complexity index is 872. The van der Waals surface area contributed by atoms with Crippen LogP contribution in [0.2, 0.25) is 5.02 Å². The molecule has 0 aliphatic carbocycles. The molecule has 0 radical (unpaired) electrons. The van der Waals surface area contributed by atoms with E-state index in [0.29, 0.717) is 10.6 Å². The second-order valence-corrected chi connectivity index (χ2v) is 6.56. The minimum atomic E-state index is -4.22. The van der Waals surface area contributed by atoms with Crippen molar-refractivity contribution in [1.82, 2.24) is 0 Å². The molecular formula is C16H13ClO6S. The summed E-state index contributed by atoms with van der Waals surface area (Å²) < 4.78 is 33.3. The topological polar surface area (TPSA) is 89.9 Å². The maximum atomic E-state index is 11.9. The molecule has 0 saturated carbocycles. The second-order valence-electron chi connectivity index (χ2n) is 4.58. The van der Waals surface area contributed by atoms with E-state index in [1.165, 1.54) is 55.7 Å². The van der Waals surface area contributed by atoms with Gasteiger partial charge in [-0.2, -0.15) is 8.42 Å². The summed E-state index contributed by atoms with van der Waals surface area (Å²) in [5, 5.41) is 9.84. The van der Waals surface area contributed by atoms with Crippen molar-refractivity contribution < 1.29 is 27.2 Å². The minimum Gasteiger partial charge on any atom is -0.504 e. The van der Waals surface area contributed by atoms with Gasteiger partial charge in [-0.15, -0.1) is 0 Å². The van der Waals surface area contributed by atoms with Gasteiger partial charge in [0, 0.05) is 11.1 Å². The van der Waals surface area contributed by atoms with Crippen molar-refractivity contribution in [2.45, 2.75) is 4.90 Å².